The van der Waals surface area contributed by atoms with Gasteiger partial charge in [0.15, 0.2) is 6.61 Å². The number of benzene rings is 3. The van der Waals surface area contributed by atoms with E-state index >= 15 is 0 Å². The average Bonchev–Trinajstić information content (AvgIpc) is 2.91. The summed E-state index contributed by atoms with van der Waals surface area (Å²) >= 11 is 0. The number of hydrogen-bond donors (Lipinski definition) is 1. The second-order valence-corrected chi connectivity index (χ2v) is 10.3. The lowest BCUT2D eigenvalue weighted by Crippen LogP contribution is -2.50. The molecule has 0 atom stereocenters. The summed E-state index contributed by atoms with van der Waals surface area (Å²) in [6.45, 7) is 4.45. The molecule has 0 saturated carbocycles. The Balaban J connectivity index is 1.30. The number of hydrogen-bond acceptors (Lipinski definition) is 6. The molecule has 1 aliphatic heterocycles. The van der Waals surface area contributed by atoms with E-state index in [1.54, 1.807) is 31.1 Å². The Labute approximate surface area is 212 Å². The van der Waals surface area contributed by atoms with E-state index in [4.69, 9.17) is 9.47 Å². The fourth-order valence-corrected chi connectivity index (χ4v) is 5.23. The highest BCUT2D eigenvalue weighted by atomic mass is 32.2. The van der Waals surface area contributed by atoms with Gasteiger partial charge in [-0.05, 0) is 48.4 Å². The molecule has 1 fully saturated rings. The predicted molar refractivity (Wildman–Crippen MR) is 139 cm³/mol. The van der Waals surface area contributed by atoms with Crippen LogP contribution < -0.4 is 19.1 Å². The van der Waals surface area contributed by atoms with Gasteiger partial charge in [-0.2, -0.15) is 0 Å². The first-order valence-corrected chi connectivity index (χ1v) is 13.3. The van der Waals surface area contributed by atoms with Gasteiger partial charge in [0.05, 0.1) is 17.7 Å². The highest BCUT2D eigenvalue weighted by Gasteiger charge is 2.23. The third-order valence-electron chi connectivity index (χ3n) is 6.18. The van der Waals surface area contributed by atoms with E-state index in [-0.39, 0.29) is 24.0 Å². The third kappa shape index (κ3) is 6.16. The number of sulfonamides is 1. The van der Waals surface area contributed by atoms with Crippen molar-refractivity contribution in [2.24, 2.45) is 0 Å². The molecule has 1 saturated heterocycles. The van der Waals surface area contributed by atoms with Crippen molar-refractivity contribution in [3.05, 3.63) is 83.9 Å². The van der Waals surface area contributed by atoms with Gasteiger partial charge in [0.25, 0.3) is 5.91 Å². The molecule has 0 radical (unpaired) electrons. The maximum Gasteiger partial charge on any atom is 0.260 e. The number of methoxy groups -OCH3 is 1. The summed E-state index contributed by atoms with van der Waals surface area (Å²) in [7, 11) is -2.02. The van der Waals surface area contributed by atoms with Crippen molar-refractivity contribution < 1.29 is 22.7 Å². The lowest BCUT2D eigenvalue weighted by atomic mass is 10.2. The summed E-state index contributed by atoms with van der Waals surface area (Å²) in [6.07, 6.45) is 0. The zero-order valence-corrected chi connectivity index (χ0v) is 21.3. The molecule has 1 aliphatic rings. The molecule has 3 aromatic carbocycles. The Morgan fingerprint density at radius 3 is 2.31 bits per heavy atom. The van der Waals surface area contributed by atoms with Crippen LogP contribution in [0.15, 0.2) is 77.7 Å². The fourth-order valence-electron chi connectivity index (χ4n) is 4.13. The van der Waals surface area contributed by atoms with E-state index in [1.165, 1.54) is 6.07 Å². The van der Waals surface area contributed by atoms with Crippen molar-refractivity contribution in [2.45, 2.75) is 18.4 Å². The molecule has 1 N–H and O–H groups in total. The monoisotopic (exact) mass is 509 g/mol. The number of aryl methyl sites for hydroxylation is 1. The molecule has 3 aromatic rings. The summed E-state index contributed by atoms with van der Waals surface area (Å²) in [5.74, 6) is 1.20. The van der Waals surface area contributed by atoms with Crippen LogP contribution in [0.1, 0.15) is 11.1 Å². The van der Waals surface area contributed by atoms with Crippen molar-refractivity contribution in [1.29, 1.82) is 0 Å². The van der Waals surface area contributed by atoms with Crippen LogP contribution >= 0.6 is 0 Å². The largest absolute Gasteiger partial charge is 0.495 e. The van der Waals surface area contributed by atoms with Crippen molar-refractivity contribution in [1.82, 2.24) is 9.62 Å². The topological polar surface area (TPSA) is 88.2 Å². The quantitative estimate of drug-likeness (QED) is 0.477. The van der Waals surface area contributed by atoms with E-state index in [1.807, 2.05) is 54.6 Å². The minimum absolute atomic E-state index is 0.102. The van der Waals surface area contributed by atoms with Crippen molar-refractivity contribution in [3.8, 4) is 11.5 Å². The van der Waals surface area contributed by atoms with Crippen molar-refractivity contribution in [3.63, 3.8) is 0 Å². The van der Waals surface area contributed by atoms with Gasteiger partial charge in [0, 0.05) is 32.7 Å². The van der Waals surface area contributed by atoms with Crippen LogP contribution in [0.25, 0.3) is 0 Å². The molecule has 0 aromatic heterocycles. The first kappa shape index (κ1) is 25.5. The SMILES string of the molecule is COc1ccccc1N1CCN(C(=O)COc2ccc(S(=O)(=O)NCc3ccccc3)cc2C)CC1. The minimum Gasteiger partial charge on any atom is -0.495 e. The van der Waals surface area contributed by atoms with Crippen LogP contribution in [-0.2, 0) is 21.4 Å². The van der Waals surface area contributed by atoms with Gasteiger partial charge in [0.1, 0.15) is 11.5 Å². The number of anilines is 1. The van der Waals surface area contributed by atoms with Gasteiger partial charge < -0.3 is 19.3 Å². The summed E-state index contributed by atoms with van der Waals surface area (Å²) in [6, 6.07) is 21.8. The number of rotatable bonds is 9. The van der Waals surface area contributed by atoms with Crippen LogP contribution in [0, 0.1) is 6.92 Å². The predicted octanol–water partition coefficient (Wildman–Crippen LogP) is 3.21. The molecule has 0 bridgehead atoms. The summed E-state index contributed by atoms with van der Waals surface area (Å²) in [5, 5.41) is 0. The zero-order valence-electron chi connectivity index (χ0n) is 20.5. The molecule has 0 aliphatic carbocycles. The van der Waals surface area contributed by atoms with Crippen LogP contribution in [-0.4, -0.2) is 59.1 Å². The molecule has 9 heteroatoms. The normalized spacial score (nSPS) is 13.9. The number of piperazine rings is 1. The van der Waals surface area contributed by atoms with Gasteiger partial charge in [-0.25, -0.2) is 13.1 Å². The molecular weight excluding hydrogens is 478 g/mol. The molecule has 36 heavy (non-hydrogen) atoms. The second kappa shape index (κ2) is 11.5. The van der Waals surface area contributed by atoms with Gasteiger partial charge in [-0.1, -0.05) is 42.5 Å². The van der Waals surface area contributed by atoms with E-state index in [9.17, 15) is 13.2 Å². The number of para-hydroxylation sites is 2. The number of ether oxygens (including phenoxy) is 2. The van der Waals surface area contributed by atoms with Crippen LogP contribution in [0.5, 0.6) is 11.5 Å². The van der Waals surface area contributed by atoms with E-state index < -0.39 is 10.0 Å². The van der Waals surface area contributed by atoms with Crippen molar-refractivity contribution >= 4 is 21.6 Å². The van der Waals surface area contributed by atoms with E-state index in [2.05, 4.69) is 9.62 Å². The number of nitrogens with zero attached hydrogens (tertiary/aromatic N) is 2. The Kier molecular flexibility index (Phi) is 8.12. The van der Waals surface area contributed by atoms with Gasteiger partial charge >= 0.3 is 0 Å². The second-order valence-electron chi connectivity index (χ2n) is 8.57. The molecule has 8 nitrogen and oxygen atoms in total. The maximum atomic E-state index is 12.7. The molecule has 0 unspecified atom stereocenters. The number of amides is 1. The Bertz CT molecular complexity index is 1290. The summed E-state index contributed by atoms with van der Waals surface area (Å²) in [5.41, 5.74) is 2.54. The number of nitrogens with one attached hydrogen (secondary N) is 1. The standard InChI is InChI=1S/C27H31N3O5S/c1-21-18-23(36(32,33)28-19-22-8-4-3-5-9-22)12-13-25(21)35-20-27(31)30-16-14-29(15-17-30)24-10-6-7-11-26(24)34-2/h3-13,18,28H,14-17,19-20H2,1-2H3. The molecular formula is C27H31N3O5S. The highest BCUT2D eigenvalue weighted by Crippen LogP contribution is 2.28. The number of carbonyl (C=O) groups excluding carboxylic acids is 1. The highest BCUT2D eigenvalue weighted by molar-refractivity contribution is 7.89. The first-order chi connectivity index (χ1) is 17.4. The smallest absolute Gasteiger partial charge is 0.260 e. The minimum atomic E-state index is -3.67. The van der Waals surface area contributed by atoms with Crippen molar-refractivity contribution in [2.75, 3.05) is 44.8 Å². The van der Waals surface area contributed by atoms with Gasteiger partial charge in [0.2, 0.25) is 10.0 Å². The van der Waals surface area contributed by atoms with Crippen LogP contribution in [0.2, 0.25) is 0 Å². The Morgan fingerprint density at radius 1 is 0.917 bits per heavy atom. The molecule has 1 heterocycles. The van der Waals surface area contributed by atoms with E-state index in [0.29, 0.717) is 37.5 Å². The number of carbonyl (C=O) groups is 1. The first-order valence-electron chi connectivity index (χ1n) is 11.8. The molecule has 0 spiro atoms. The third-order valence-corrected chi connectivity index (χ3v) is 7.57. The lowest BCUT2D eigenvalue weighted by Gasteiger charge is -2.36. The van der Waals surface area contributed by atoms with Crippen LogP contribution in [0.3, 0.4) is 0 Å². The van der Waals surface area contributed by atoms with Crippen LogP contribution in [0.4, 0.5) is 5.69 Å². The summed E-state index contributed by atoms with van der Waals surface area (Å²) < 4.78 is 39.2. The zero-order chi connectivity index (χ0) is 25.5. The van der Waals surface area contributed by atoms with Gasteiger partial charge in [-0.15, -0.1) is 0 Å². The molecule has 1 amide bonds. The summed E-state index contributed by atoms with van der Waals surface area (Å²) in [4.78, 5) is 16.9. The Morgan fingerprint density at radius 2 is 1.61 bits per heavy atom. The lowest BCUT2D eigenvalue weighted by molar-refractivity contribution is -0.133. The maximum absolute atomic E-state index is 12.7. The van der Waals surface area contributed by atoms with Gasteiger partial charge in [-0.3, -0.25) is 4.79 Å². The fraction of sp³-hybridized carbons (Fsp3) is 0.296. The molecule has 4 rings (SSSR count). The molecule has 190 valence electrons. The van der Waals surface area contributed by atoms with E-state index in [0.717, 1.165) is 17.0 Å². The Hall–Kier alpha value is -3.56. The average molecular weight is 510 g/mol.